The number of hydrogen-bond acceptors (Lipinski definition) is 3. The van der Waals surface area contributed by atoms with Crippen LogP contribution in [0.2, 0.25) is 0 Å². The number of carbonyl (C=O) groups is 1. The third-order valence-corrected chi connectivity index (χ3v) is 2.54. The number of hydrogen-bond donors (Lipinski definition) is 2. The van der Waals surface area contributed by atoms with E-state index in [4.69, 9.17) is 4.74 Å². The van der Waals surface area contributed by atoms with Crippen molar-refractivity contribution in [3.05, 3.63) is 0 Å². The van der Waals surface area contributed by atoms with Crippen LogP contribution in [0.15, 0.2) is 0 Å². The zero-order valence-corrected chi connectivity index (χ0v) is 9.17. The van der Waals surface area contributed by atoms with Gasteiger partial charge in [-0.2, -0.15) is 12.6 Å². The average Bonchev–Trinajstić information content (AvgIpc) is 2.30. The lowest BCUT2D eigenvalue weighted by molar-refractivity contribution is -0.121. The molecule has 4 unspecified atom stereocenters. The first-order valence-corrected chi connectivity index (χ1v) is 5.16. The van der Waals surface area contributed by atoms with Gasteiger partial charge in [-0.25, -0.2) is 0 Å². The molecule has 0 aromatic carbocycles. The molecule has 0 saturated carbocycles. The van der Waals surface area contributed by atoms with Crippen LogP contribution in [0, 0.1) is 0 Å². The predicted octanol–water partition coefficient (Wildman–Crippen LogP) is 0.987. The summed E-state index contributed by atoms with van der Waals surface area (Å²) in [5, 5.41) is 2.67. The molecule has 0 bridgehead atoms. The molecule has 76 valence electrons. The molecule has 1 N–H and O–H groups in total. The molecule has 0 aromatic heterocycles. The fourth-order valence-electron chi connectivity index (χ4n) is 1.55. The zero-order valence-electron chi connectivity index (χ0n) is 8.28. The smallest absolute Gasteiger partial charge is 0.232 e. The lowest BCUT2D eigenvalue weighted by atomic mass is 10.1. The van der Waals surface area contributed by atoms with E-state index in [1.807, 2.05) is 13.8 Å². The summed E-state index contributed by atoms with van der Waals surface area (Å²) in [4.78, 5) is 11.3. The minimum absolute atomic E-state index is 0.0158. The van der Waals surface area contributed by atoms with Gasteiger partial charge in [-0.05, 0) is 27.2 Å². The second kappa shape index (κ2) is 4.33. The van der Waals surface area contributed by atoms with Crippen LogP contribution >= 0.6 is 12.6 Å². The van der Waals surface area contributed by atoms with Gasteiger partial charge >= 0.3 is 0 Å². The molecule has 13 heavy (non-hydrogen) atoms. The number of rotatable bonds is 2. The van der Waals surface area contributed by atoms with E-state index in [2.05, 4.69) is 17.9 Å². The van der Waals surface area contributed by atoms with Crippen LogP contribution in [0.4, 0.5) is 0 Å². The summed E-state index contributed by atoms with van der Waals surface area (Å²) in [6, 6.07) is 0.150. The SMILES string of the molecule is CC1CC(NC(=O)C(C)S)C(C)O1. The topological polar surface area (TPSA) is 38.3 Å². The van der Waals surface area contributed by atoms with Crippen molar-refractivity contribution in [2.75, 3.05) is 0 Å². The Morgan fingerprint density at radius 1 is 1.62 bits per heavy atom. The molecular formula is C9H17NO2S. The van der Waals surface area contributed by atoms with Gasteiger partial charge in [-0.1, -0.05) is 0 Å². The molecule has 0 spiro atoms. The van der Waals surface area contributed by atoms with Crippen LogP contribution in [-0.2, 0) is 9.53 Å². The van der Waals surface area contributed by atoms with Crippen LogP contribution in [0.3, 0.4) is 0 Å². The van der Waals surface area contributed by atoms with Gasteiger partial charge in [0.25, 0.3) is 0 Å². The van der Waals surface area contributed by atoms with Crippen molar-refractivity contribution in [3.8, 4) is 0 Å². The molecule has 1 amide bonds. The number of carbonyl (C=O) groups excluding carboxylic acids is 1. The van der Waals surface area contributed by atoms with Gasteiger partial charge in [-0.3, -0.25) is 4.79 Å². The summed E-state index contributed by atoms with van der Waals surface area (Å²) in [5.74, 6) is -0.0158. The Morgan fingerprint density at radius 3 is 2.62 bits per heavy atom. The highest BCUT2D eigenvalue weighted by Crippen LogP contribution is 2.19. The lowest BCUT2D eigenvalue weighted by Gasteiger charge is -2.16. The third-order valence-electron chi connectivity index (χ3n) is 2.31. The van der Waals surface area contributed by atoms with Crippen molar-refractivity contribution < 1.29 is 9.53 Å². The third kappa shape index (κ3) is 2.88. The van der Waals surface area contributed by atoms with Crippen LogP contribution < -0.4 is 5.32 Å². The Bertz CT molecular complexity index is 196. The lowest BCUT2D eigenvalue weighted by Crippen LogP contribution is -2.42. The molecule has 1 aliphatic rings. The van der Waals surface area contributed by atoms with Crippen molar-refractivity contribution in [1.82, 2.24) is 5.32 Å². The predicted molar refractivity (Wildman–Crippen MR) is 55.0 cm³/mol. The molecule has 3 nitrogen and oxygen atoms in total. The van der Waals surface area contributed by atoms with Crippen molar-refractivity contribution >= 4 is 18.5 Å². The largest absolute Gasteiger partial charge is 0.373 e. The second-order valence-corrected chi connectivity index (χ2v) is 4.45. The minimum Gasteiger partial charge on any atom is -0.373 e. The summed E-state index contributed by atoms with van der Waals surface area (Å²) in [5.41, 5.74) is 0. The standard InChI is InChI=1S/C9H17NO2S/c1-5-4-8(6(2)12-5)10-9(11)7(3)13/h5-8,13H,4H2,1-3H3,(H,10,11). The van der Waals surface area contributed by atoms with E-state index in [1.165, 1.54) is 0 Å². The molecule has 1 saturated heterocycles. The molecule has 4 heteroatoms. The van der Waals surface area contributed by atoms with E-state index in [0.29, 0.717) is 0 Å². The Kier molecular flexibility index (Phi) is 3.62. The second-order valence-electron chi connectivity index (χ2n) is 3.68. The van der Waals surface area contributed by atoms with E-state index in [-0.39, 0.29) is 29.4 Å². The number of nitrogens with one attached hydrogen (secondary N) is 1. The fraction of sp³-hybridized carbons (Fsp3) is 0.889. The van der Waals surface area contributed by atoms with Crippen molar-refractivity contribution in [2.24, 2.45) is 0 Å². The van der Waals surface area contributed by atoms with E-state index < -0.39 is 0 Å². The normalized spacial score (nSPS) is 35.8. The van der Waals surface area contributed by atoms with Gasteiger partial charge in [0.15, 0.2) is 0 Å². The van der Waals surface area contributed by atoms with E-state index in [1.54, 1.807) is 6.92 Å². The highest BCUT2D eigenvalue weighted by atomic mass is 32.1. The maximum atomic E-state index is 11.3. The van der Waals surface area contributed by atoms with E-state index in [0.717, 1.165) is 6.42 Å². The Labute approximate surface area is 84.6 Å². The molecule has 4 atom stereocenters. The van der Waals surface area contributed by atoms with Gasteiger partial charge in [0.2, 0.25) is 5.91 Å². The van der Waals surface area contributed by atoms with Gasteiger partial charge in [0.05, 0.1) is 23.5 Å². The van der Waals surface area contributed by atoms with Gasteiger partial charge < -0.3 is 10.1 Å². The zero-order chi connectivity index (χ0) is 10.0. The Balaban J connectivity index is 2.41. The van der Waals surface area contributed by atoms with Gasteiger partial charge in [0, 0.05) is 0 Å². The van der Waals surface area contributed by atoms with Gasteiger partial charge in [0.1, 0.15) is 0 Å². The van der Waals surface area contributed by atoms with Crippen molar-refractivity contribution in [1.29, 1.82) is 0 Å². The highest BCUT2D eigenvalue weighted by Gasteiger charge is 2.30. The van der Waals surface area contributed by atoms with Crippen LogP contribution in [0.25, 0.3) is 0 Å². The fourth-order valence-corrected chi connectivity index (χ4v) is 1.62. The average molecular weight is 203 g/mol. The number of thiol groups is 1. The molecule has 1 heterocycles. The van der Waals surface area contributed by atoms with Crippen LogP contribution in [0.1, 0.15) is 27.2 Å². The monoisotopic (exact) mass is 203 g/mol. The number of ether oxygens (including phenoxy) is 1. The summed E-state index contributed by atoms with van der Waals surface area (Å²) in [6.07, 6.45) is 1.26. The molecule has 0 aliphatic carbocycles. The maximum absolute atomic E-state index is 11.3. The number of amides is 1. The summed E-state index contributed by atoms with van der Waals surface area (Å²) in [7, 11) is 0. The van der Waals surface area contributed by atoms with Crippen LogP contribution in [-0.4, -0.2) is 29.4 Å². The molecule has 1 rings (SSSR count). The first-order chi connectivity index (χ1) is 6.00. The molecule has 1 fully saturated rings. The summed E-state index contributed by atoms with van der Waals surface area (Å²) in [6.45, 7) is 5.77. The van der Waals surface area contributed by atoms with Crippen LogP contribution in [0.5, 0.6) is 0 Å². The Morgan fingerprint density at radius 2 is 2.23 bits per heavy atom. The quantitative estimate of drug-likeness (QED) is 0.657. The van der Waals surface area contributed by atoms with Crippen molar-refractivity contribution in [3.63, 3.8) is 0 Å². The van der Waals surface area contributed by atoms with E-state index in [9.17, 15) is 4.79 Å². The van der Waals surface area contributed by atoms with Crippen molar-refractivity contribution in [2.45, 2.75) is 50.7 Å². The Hall–Kier alpha value is -0.220. The molecule has 0 radical (unpaired) electrons. The first kappa shape index (κ1) is 10.9. The maximum Gasteiger partial charge on any atom is 0.232 e. The summed E-state index contributed by atoms with van der Waals surface area (Å²) < 4.78 is 5.51. The molecule has 1 aliphatic heterocycles. The highest BCUT2D eigenvalue weighted by molar-refractivity contribution is 7.81. The van der Waals surface area contributed by atoms with Gasteiger partial charge in [-0.15, -0.1) is 0 Å². The molecule has 0 aromatic rings. The first-order valence-electron chi connectivity index (χ1n) is 4.64. The summed E-state index contributed by atoms with van der Waals surface area (Å²) >= 11 is 4.06. The molecular weight excluding hydrogens is 186 g/mol. The van der Waals surface area contributed by atoms with E-state index >= 15 is 0 Å². The minimum atomic E-state index is -0.247.